The lowest BCUT2D eigenvalue weighted by atomic mass is 10.1. The highest BCUT2D eigenvalue weighted by Crippen LogP contribution is 2.56. The van der Waals surface area contributed by atoms with Crippen molar-refractivity contribution >= 4 is 12.6 Å². The summed E-state index contributed by atoms with van der Waals surface area (Å²) in [7, 11) is 0. The SMILES string of the molecule is C/C=C\C=N/CC#CC12CC1CN(C=O)C2. The van der Waals surface area contributed by atoms with Gasteiger partial charge in [-0.05, 0) is 25.3 Å². The fourth-order valence-corrected chi connectivity index (χ4v) is 2.26. The fourth-order valence-electron chi connectivity index (χ4n) is 2.26. The van der Waals surface area contributed by atoms with Crippen molar-refractivity contribution in [3.05, 3.63) is 12.2 Å². The third-order valence-corrected chi connectivity index (χ3v) is 3.21. The number of hydrogen-bond donors (Lipinski definition) is 0. The van der Waals surface area contributed by atoms with E-state index in [9.17, 15) is 4.79 Å². The number of piperidine rings is 1. The lowest BCUT2D eigenvalue weighted by Gasteiger charge is -2.11. The van der Waals surface area contributed by atoms with Gasteiger partial charge >= 0.3 is 0 Å². The molecule has 1 aliphatic carbocycles. The van der Waals surface area contributed by atoms with Crippen molar-refractivity contribution in [2.24, 2.45) is 16.3 Å². The number of aliphatic imine (C=N–C) groups is 1. The predicted molar refractivity (Wildman–Crippen MR) is 64.1 cm³/mol. The predicted octanol–water partition coefficient (Wildman–Crippen LogP) is 1.11. The van der Waals surface area contributed by atoms with Gasteiger partial charge in [0.05, 0.1) is 12.0 Å². The third kappa shape index (κ3) is 2.16. The molecule has 3 nitrogen and oxygen atoms in total. The molecule has 0 aromatic heterocycles. The molecule has 3 heteroatoms. The molecule has 0 radical (unpaired) electrons. The number of carbonyl (C=O) groups is 1. The maximum Gasteiger partial charge on any atom is 0.209 e. The zero-order valence-corrected chi connectivity index (χ0v) is 9.52. The summed E-state index contributed by atoms with van der Waals surface area (Å²) < 4.78 is 0. The molecule has 1 saturated carbocycles. The second-order valence-corrected chi connectivity index (χ2v) is 4.41. The topological polar surface area (TPSA) is 32.7 Å². The minimum Gasteiger partial charge on any atom is -0.343 e. The minimum atomic E-state index is 0.122. The van der Waals surface area contributed by atoms with E-state index in [1.807, 2.05) is 24.0 Å². The molecule has 2 rings (SSSR count). The van der Waals surface area contributed by atoms with Gasteiger partial charge in [0.1, 0.15) is 0 Å². The van der Waals surface area contributed by atoms with E-state index in [2.05, 4.69) is 16.8 Å². The fraction of sp³-hybridized carbons (Fsp3) is 0.538. The Morgan fingerprint density at radius 1 is 1.62 bits per heavy atom. The van der Waals surface area contributed by atoms with Gasteiger partial charge in [0.25, 0.3) is 0 Å². The van der Waals surface area contributed by atoms with Gasteiger partial charge in [-0.1, -0.05) is 17.9 Å². The summed E-state index contributed by atoms with van der Waals surface area (Å²) >= 11 is 0. The van der Waals surface area contributed by atoms with Gasteiger partial charge < -0.3 is 4.90 Å². The largest absolute Gasteiger partial charge is 0.343 e. The van der Waals surface area contributed by atoms with Crippen LogP contribution >= 0.6 is 0 Å². The van der Waals surface area contributed by atoms with Gasteiger partial charge in [0.2, 0.25) is 6.41 Å². The monoisotopic (exact) mass is 216 g/mol. The second-order valence-electron chi connectivity index (χ2n) is 4.41. The van der Waals surface area contributed by atoms with Crippen molar-refractivity contribution in [3.8, 4) is 11.8 Å². The Morgan fingerprint density at radius 3 is 3.19 bits per heavy atom. The highest BCUT2D eigenvalue weighted by atomic mass is 16.1. The minimum absolute atomic E-state index is 0.122. The molecule has 0 N–H and O–H groups in total. The highest BCUT2D eigenvalue weighted by molar-refractivity contribution is 5.70. The smallest absolute Gasteiger partial charge is 0.209 e. The van der Waals surface area contributed by atoms with Crippen LogP contribution in [0.4, 0.5) is 0 Å². The average Bonchev–Trinajstić information content (AvgIpc) is 2.85. The molecule has 1 amide bonds. The maximum absolute atomic E-state index is 10.6. The molecule has 2 unspecified atom stereocenters. The van der Waals surface area contributed by atoms with Gasteiger partial charge in [0, 0.05) is 19.3 Å². The van der Waals surface area contributed by atoms with Crippen LogP contribution in [0.3, 0.4) is 0 Å². The number of nitrogens with zero attached hydrogens (tertiary/aromatic N) is 2. The highest BCUT2D eigenvalue weighted by Gasteiger charge is 2.59. The summed E-state index contributed by atoms with van der Waals surface area (Å²) in [5.74, 6) is 6.99. The zero-order chi connectivity index (χ0) is 11.4. The first-order chi connectivity index (χ1) is 7.80. The van der Waals surface area contributed by atoms with Crippen molar-refractivity contribution in [1.29, 1.82) is 0 Å². The summed E-state index contributed by atoms with van der Waals surface area (Å²) in [5.41, 5.74) is 0.122. The summed E-state index contributed by atoms with van der Waals surface area (Å²) in [6.45, 7) is 4.21. The molecule has 1 heterocycles. The molecule has 0 spiro atoms. The van der Waals surface area contributed by atoms with Gasteiger partial charge in [-0.15, -0.1) is 0 Å². The van der Waals surface area contributed by atoms with Crippen LogP contribution in [0.15, 0.2) is 17.1 Å². The first-order valence-electron chi connectivity index (χ1n) is 5.61. The number of rotatable bonds is 3. The third-order valence-electron chi connectivity index (χ3n) is 3.21. The Balaban J connectivity index is 1.83. The summed E-state index contributed by atoms with van der Waals surface area (Å²) in [4.78, 5) is 16.6. The van der Waals surface area contributed by atoms with E-state index >= 15 is 0 Å². The van der Waals surface area contributed by atoms with Crippen molar-refractivity contribution in [3.63, 3.8) is 0 Å². The molecule has 0 aromatic rings. The number of fused-ring (bicyclic) bond motifs is 1. The maximum atomic E-state index is 10.6. The van der Waals surface area contributed by atoms with E-state index in [-0.39, 0.29) is 5.41 Å². The van der Waals surface area contributed by atoms with Crippen LogP contribution in [0.2, 0.25) is 0 Å². The molecule has 1 aliphatic heterocycles. The van der Waals surface area contributed by atoms with Gasteiger partial charge in [-0.25, -0.2) is 0 Å². The van der Waals surface area contributed by atoms with Crippen LogP contribution in [-0.4, -0.2) is 37.2 Å². The van der Waals surface area contributed by atoms with E-state index in [1.165, 1.54) is 0 Å². The van der Waals surface area contributed by atoms with Gasteiger partial charge in [-0.3, -0.25) is 9.79 Å². The van der Waals surface area contributed by atoms with Crippen molar-refractivity contribution in [2.75, 3.05) is 19.6 Å². The first kappa shape index (κ1) is 10.9. The standard InChI is InChI=1S/C13H16N2O/c1-2-3-6-14-7-4-5-13-8-12(13)9-15(10-13)11-16/h2-3,6,11-12H,7-10H2,1H3/b3-2-,14-6-. The summed E-state index contributed by atoms with van der Waals surface area (Å²) in [5, 5.41) is 0. The molecule has 0 bridgehead atoms. The summed E-state index contributed by atoms with van der Waals surface area (Å²) in [6, 6.07) is 0. The summed E-state index contributed by atoms with van der Waals surface area (Å²) in [6.07, 6.45) is 7.68. The van der Waals surface area contributed by atoms with Crippen molar-refractivity contribution < 1.29 is 4.79 Å². The van der Waals surface area contributed by atoms with E-state index in [0.717, 1.165) is 25.9 Å². The van der Waals surface area contributed by atoms with Crippen LogP contribution in [0.1, 0.15) is 13.3 Å². The number of likely N-dealkylation sites (tertiary alicyclic amines) is 1. The Morgan fingerprint density at radius 2 is 2.50 bits per heavy atom. The molecule has 2 fully saturated rings. The molecule has 2 aliphatic rings. The van der Waals surface area contributed by atoms with Crippen LogP contribution in [0.5, 0.6) is 0 Å². The first-order valence-corrected chi connectivity index (χ1v) is 5.61. The van der Waals surface area contributed by atoms with Crippen LogP contribution in [0.25, 0.3) is 0 Å². The van der Waals surface area contributed by atoms with Crippen LogP contribution in [-0.2, 0) is 4.79 Å². The lowest BCUT2D eigenvalue weighted by molar-refractivity contribution is -0.117. The number of carbonyl (C=O) groups excluding carboxylic acids is 1. The molecular formula is C13H16N2O. The number of hydrogen-bond acceptors (Lipinski definition) is 2. The van der Waals surface area contributed by atoms with Gasteiger partial charge in [0.15, 0.2) is 0 Å². The quantitative estimate of drug-likeness (QED) is 0.395. The Bertz CT molecular complexity index is 388. The van der Waals surface area contributed by atoms with Crippen molar-refractivity contribution in [1.82, 2.24) is 4.90 Å². The molecule has 84 valence electrons. The van der Waals surface area contributed by atoms with Crippen LogP contribution < -0.4 is 0 Å². The Hall–Kier alpha value is -1.56. The molecule has 1 saturated heterocycles. The number of allylic oxidation sites excluding steroid dienone is 2. The molecule has 2 atom stereocenters. The van der Waals surface area contributed by atoms with E-state index in [4.69, 9.17) is 0 Å². The zero-order valence-electron chi connectivity index (χ0n) is 9.52. The molecule has 16 heavy (non-hydrogen) atoms. The normalized spacial score (nSPS) is 31.6. The van der Waals surface area contributed by atoms with E-state index in [0.29, 0.717) is 12.5 Å². The van der Waals surface area contributed by atoms with E-state index < -0.39 is 0 Å². The average molecular weight is 216 g/mol. The lowest BCUT2D eigenvalue weighted by Crippen LogP contribution is -2.22. The van der Waals surface area contributed by atoms with Crippen LogP contribution in [0, 0.1) is 23.2 Å². The second kappa shape index (κ2) is 4.52. The molecule has 0 aromatic carbocycles. The van der Waals surface area contributed by atoms with E-state index in [1.54, 1.807) is 6.21 Å². The Kier molecular flexibility index (Phi) is 3.09. The Labute approximate surface area is 96.2 Å². The molecular weight excluding hydrogens is 200 g/mol. The van der Waals surface area contributed by atoms with Gasteiger partial charge in [-0.2, -0.15) is 0 Å². The van der Waals surface area contributed by atoms with Crippen molar-refractivity contribution in [2.45, 2.75) is 13.3 Å². The number of amides is 1.